The molecule has 0 radical (unpaired) electrons. The number of benzene rings is 1. The molecule has 2 rings (SSSR count). The van der Waals surface area contributed by atoms with Crippen LogP contribution in [0.1, 0.15) is 18.4 Å². The van der Waals surface area contributed by atoms with Gasteiger partial charge in [-0.25, -0.2) is 0 Å². The van der Waals surface area contributed by atoms with Crippen LogP contribution in [0.2, 0.25) is 0 Å². The zero-order chi connectivity index (χ0) is 10.8. The predicted octanol–water partition coefficient (Wildman–Crippen LogP) is 1.22. The molecule has 0 spiro atoms. The topological polar surface area (TPSA) is 60.8 Å². The lowest BCUT2D eigenvalue weighted by atomic mass is 10.2. The van der Waals surface area contributed by atoms with Crippen LogP contribution in [0.3, 0.4) is 0 Å². The van der Waals surface area contributed by atoms with Crippen LogP contribution in [-0.2, 0) is 11.3 Å². The van der Waals surface area contributed by atoms with Gasteiger partial charge in [0.1, 0.15) is 0 Å². The molecule has 2 N–H and O–H groups in total. The second-order valence-electron chi connectivity index (χ2n) is 3.70. The molecule has 1 saturated heterocycles. The van der Waals surface area contributed by atoms with Gasteiger partial charge in [-0.15, -0.1) is 0 Å². The van der Waals surface area contributed by atoms with Gasteiger partial charge in [-0.1, -0.05) is 12.1 Å². The summed E-state index contributed by atoms with van der Waals surface area (Å²) in [5, 5.41) is 18.8. The molecule has 0 unspecified atom stereocenters. The fourth-order valence-electron chi connectivity index (χ4n) is 1.78. The standard InChI is InChI=1S/C11H13NO3/c13-9-4-1-3-8(11(9)15)7-12-6-2-5-10(12)14/h1,3-4,13,15H,2,5-7H2. The van der Waals surface area contributed by atoms with E-state index in [1.54, 1.807) is 17.0 Å². The molecule has 80 valence electrons. The van der Waals surface area contributed by atoms with Crippen molar-refractivity contribution < 1.29 is 15.0 Å². The molecule has 0 aliphatic carbocycles. The van der Waals surface area contributed by atoms with Crippen molar-refractivity contribution in [3.8, 4) is 11.5 Å². The van der Waals surface area contributed by atoms with E-state index in [9.17, 15) is 15.0 Å². The van der Waals surface area contributed by atoms with Gasteiger partial charge in [-0.05, 0) is 12.5 Å². The average molecular weight is 207 g/mol. The number of likely N-dealkylation sites (tertiary alicyclic amines) is 1. The summed E-state index contributed by atoms with van der Waals surface area (Å²) >= 11 is 0. The van der Waals surface area contributed by atoms with Crippen molar-refractivity contribution in [2.75, 3.05) is 6.54 Å². The molecule has 1 aliphatic heterocycles. The summed E-state index contributed by atoms with van der Waals surface area (Å²) in [4.78, 5) is 13.0. The van der Waals surface area contributed by atoms with Crippen LogP contribution < -0.4 is 0 Å². The minimum absolute atomic E-state index is 0.109. The van der Waals surface area contributed by atoms with E-state index in [-0.39, 0.29) is 17.4 Å². The largest absolute Gasteiger partial charge is 0.504 e. The number of hydrogen-bond donors (Lipinski definition) is 2. The Bertz CT molecular complexity index is 389. The number of para-hydroxylation sites is 1. The molecule has 4 nitrogen and oxygen atoms in total. The maximum Gasteiger partial charge on any atom is 0.222 e. The Hall–Kier alpha value is -1.71. The van der Waals surface area contributed by atoms with Crippen molar-refractivity contribution in [2.45, 2.75) is 19.4 Å². The van der Waals surface area contributed by atoms with E-state index in [1.165, 1.54) is 6.07 Å². The number of amides is 1. The molecule has 1 aromatic rings. The molecule has 4 heteroatoms. The van der Waals surface area contributed by atoms with Crippen molar-refractivity contribution in [1.82, 2.24) is 4.90 Å². The molecule has 1 aromatic carbocycles. The monoisotopic (exact) mass is 207 g/mol. The van der Waals surface area contributed by atoms with Gasteiger partial charge in [0.15, 0.2) is 11.5 Å². The van der Waals surface area contributed by atoms with Gasteiger partial charge in [0.25, 0.3) is 0 Å². The third kappa shape index (κ3) is 1.88. The van der Waals surface area contributed by atoms with Crippen LogP contribution in [-0.4, -0.2) is 27.6 Å². The summed E-state index contributed by atoms with van der Waals surface area (Å²) in [5.74, 6) is -0.158. The summed E-state index contributed by atoms with van der Waals surface area (Å²) in [7, 11) is 0. The number of carbonyl (C=O) groups is 1. The van der Waals surface area contributed by atoms with Gasteiger partial charge in [0.2, 0.25) is 5.91 Å². The Morgan fingerprint density at radius 1 is 1.33 bits per heavy atom. The number of rotatable bonds is 2. The third-order valence-electron chi connectivity index (χ3n) is 2.63. The maximum absolute atomic E-state index is 11.4. The molecule has 0 aromatic heterocycles. The SMILES string of the molecule is O=C1CCCN1Cc1cccc(O)c1O. The summed E-state index contributed by atoms with van der Waals surface area (Å²) in [5.41, 5.74) is 0.588. The lowest BCUT2D eigenvalue weighted by molar-refractivity contribution is -0.128. The van der Waals surface area contributed by atoms with Gasteiger partial charge < -0.3 is 15.1 Å². The highest BCUT2D eigenvalue weighted by Gasteiger charge is 2.21. The molecular formula is C11H13NO3. The molecule has 0 atom stereocenters. The summed E-state index contributed by atoms with van der Waals surface area (Å²) in [6.07, 6.45) is 1.46. The number of nitrogens with zero attached hydrogens (tertiary/aromatic N) is 1. The lowest BCUT2D eigenvalue weighted by Crippen LogP contribution is -2.23. The summed E-state index contributed by atoms with van der Waals surface area (Å²) in [6, 6.07) is 4.79. The van der Waals surface area contributed by atoms with E-state index in [0.717, 1.165) is 13.0 Å². The van der Waals surface area contributed by atoms with E-state index < -0.39 is 0 Å². The summed E-state index contributed by atoms with van der Waals surface area (Å²) < 4.78 is 0. The fraction of sp³-hybridized carbons (Fsp3) is 0.364. The van der Waals surface area contributed by atoms with Crippen molar-refractivity contribution in [3.63, 3.8) is 0 Å². The molecule has 1 amide bonds. The highest BCUT2D eigenvalue weighted by atomic mass is 16.3. The maximum atomic E-state index is 11.4. The third-order valence-corrected chi connectivity index (χ3v) is 2.63. The molecule has 1 aliphatic rings. The highest BCUT2D eigenvalue weighted by molar-refractivity contribution is 5.78. The van der Waals surface area contributed by atoms with E-state index in [1.807, 2.05) is 0 Å². The quantitative estimate of drug-likeness (QED) is 0.717. The molecular weight excluding hydrogens is 194 g/mol. The van der Waals surface area contributed by atoms with E-state index in [2.05, 4.69) is 0 Å². The second kappa shape index (κ2) is 3.81. The van der Waals surface area contributed by atoms with Crippen LogP contribution in [0.25, 0.3) is 0 Å². The van der Waals surface area contributed by atoms with Crippen LogP contribution in [0.5, 0.6) is 11.5 Å². The van der Waals surface area contributed by atoms with E-state index in [0.29, 0.717) is 18.5 Å². The van der Waals surface area contributed by atoms with Crippen LogP contribution >= 0.6 is 0 Å². The van der Waals surface area contributed by atoms with Crippen molar-refractivity contribution in [1.29, 1.82) is 0 Å². The van der Waals surface area contributed by atoms with Crippen molar-refractivity contribution >= 4 is 5.91 Å². The lowest BCUT2D eigenvalue weighted by Gasteiger charge is -2.16. The number of aromatic hydroxyl groups is 2. The smallest absolute Gasteiger partial charge is 0.222 e. The summed E-state index contributed by atoms with van der Waals surface area (Å²) in [6.45, 7) is 1.10. The molecule has 1 heterocycles. The highest BCUT2D eigenvalue weighted by Crippen LogP contribution is 2.29. The second-order valence-corrected chi connectivity index (χ2v) is 3.70. The first-order valence-corrected chi connectivity index (χ1v) is 4.96. The van der Waals surface area contributed by atoms with Crippen molar-refractivity contribution in [2.24, 2.45) is 0 Å². The first kappa shape index (κ1) is 9.83. The van der Waals surface area contributed by atoms with Crippen LogP contribution in [0.15, 0.2) is 18.2 Å². The van der Waals surface area contributed by atoms with Gasteiger partial charge in [0.05, 0.1) is 0 Å². The molecule has 0 bridgehead atoms. The average Bonchev–Trinajstić information content (AvgIpc) is 2.60. The Morgan fingerprint density at radius 3 is 2.80 bits per heavy atom. The number of carbonyl (C=O) groups excluding carboxylic acids is 1. The Labute approximate surface area is 87.8 Å². The Balaban J connectivity index is 2.17. The molecule has 0 saturated carbocycles. The number of hydrogen-bond acceptors (Lipinski definition) is 3. The Kier molecular flexibility index (Phi) is 2.49. The zero-order valence-electron chi connectivity index (χ0n) is 8.31. The first-order valence-electron chi connectivity index (χ1n) is 4.96. The van der Waals surface area contributed by atoms with Gasteiger partial charge in [-0.2, -0.15) is 0 Å². The number of phenolic OH excluding ortho intramolecular Hbond substituents is 2. The van der Waals surface area contributed by atoms with Gasteiger partial charge >= 0.3 is 0 Å². The Morgan fingerprint density at radius 2 is 2.13 bits per heavy atom. The zero-order valence-corrected chi connectivity index (χ0v) is 8.31. The van der Waals surface area contributed by atoms with E-state index in [4.69, 9.17) is 0 Å². The minimum Gasteiger partial charge on any atom is -0.504 e. The number of phenols is 2. The predicted molar refractivity (Wildman–Crippen MR) is 54.4 cm³/mol. The van der Waals surface area contributed by atoms with Crippen molar-refractivity contribution in [3.05, 3.63) is 23.8 Å². The van der Waals surface area contributed by atoms with Crippen LogP contribution in [0.4, 0.5) is 0 Å². The van der Waals surface area contributed by atoms with Gasteiger partial charge in [0, 0.05) is 25.1 Å². The van der Waals surface area contributed by atoms with E-state index >= 15 is 0 Å². The van der Waals surface area contributed by atoms with Gasteiger partial charge in [-0.3, -0.25) is 4.79 Å². The first-order chi connectivity index (χ1) is 7.18. The normalized spacial score (nSPS) is 16.0. The minimum atomic E-state index is -0.140. The molecule has 15 heavy (non-hydrogen) atoms. The van der Waals surface area contributed by atoms with Crippen LogP contribution in [0, 0.1) is 0 Å². The molecule has 1 fully saturated rings. The fourth-order valence-corrected chi connectivity index (χ4v) is 1.78.